The van der Waals surface area contributed by atoms with E-state index in [0.717, 1.165) is 71.7 Å². The molecule has 2 saturated heterocycles. The molecule has 124 valence electrons. The maximum Gasteiger partial charge on any atom is 0.0729 e. The van der Waals surface area contributed by atoms with E-state index in [1.54, 1.807) is 0 Å². The van der Waals surface area contributed by atoms with E-state index in [2.05, 4.69) is 19.2 Å². The molecule has 0 aromatic carbocycles. The molecule has 2 aliphatic heterocycles. The molecular formula is C17H33NO3. The Balaban J connectivity index is 1.90. The molecule has 2 aliphatic rings. The zero-order chi connectivity index (χ0) is 15.0. The Kier molecular flexibility index (Phi) is 7.44. The van der Waals surface area contributed by atoms with Gasteiger partial charge in [-0.2, -0.15) is 0 Å². The van der Waals surface area contributed by atoms with E-state index in [1.807, 2.05) is 0 Å². The van der Waals surface area contributed by atoms with Crippen LogP contribution in [-0.4, -0.2) is 51.2 Å². The third-order valence-electron chi connectivity index (χ3n) is 4.81. The predicted molar refractivity (Wildman–Crippen MR) is 84.7 cm³/mol. The van der Waals surface area contributed by atoms with Crippen molar-refractivity contribution in [2.45, 2.75) is 64.0 Å². The summed E-state index contributed by atoms with van der Waals surface area (Å²) in [5.41, 5.74) is 0.0814. The lowest BCUT2D eigenvalue weighted by Gasteiger charge is -2.45. The number of hydrogen-bond acceptors (Lipinski definition) is 4. The smallest absolute Gasteiger partial charge is 0.0729 e. The molecule has 1 spiro atoms. The Morgan fingerprint density at radius 2 is 2.00 bits per heavy atom. The fraction of sp³-hybridized carbons (Fsp3) is 1.00. The molecule has 0 aromatic heterocycles. The van der Waals surface area contributed by atoms with Gasteiger partial charge >= 0.3 is 0 Å². The van der Waals surface area contributed by atoms with Crippen LogP contribution in [0.25, 0.3) is 0 Å². The van der Waals surface area contributed by atoms with Gasteiger partial charge in [0, 0.05) is 32.5 Å². The Morgan fingerprint density at radius 3 is 2.71 bits per heavy atom. The normalized spacial score (nSPS) is 26.9. The number of ether oxygens (including phenoxy) is 3. The van der Waals surface area contributed by atoms with E-state index in [9.17, 15) is 0 Å². The quantitative estimate of drug-likeness (QED) is 0.700. The lowest BCUT2D eigenvalue weighted by molar-refractivity contribution is -0.152. The van der Waals surface area contributed by atoms with Gasteiger partial charge in [-0.25, -0.2) is 0 Å². The standard InChI is InChI=1S/C17H33NO3/c1-3-8-18-16(14-20-9-4-2)15-5-10-21-17(13-15)6-11-19-12-7-17/h15-16,18H,3-14H2,1-2H3. The van der Waals surface area contributed by atoms with Crippen LogP contribution in [0, 0.1) is 5.92 Å². The van der Waals surface area contributed by atoms with Gasteiger partial charge in [0.15, 0.2) is 0 Å². The van der Waals surface area contributed by atoms with Crippen molar-refractivity contribution in [2.75, 3.05) is 39.6 Å². The van der Waals surface area contributed by atoms with E-state index in [1.165, 1.54) is 6.42 Å². The van der Waals surface area contributed by atoms with Crippen LogP contribution in [-0.2, 0) is 14.2 Å². The summed E-state index contributed by atoms with van der Waals surface area (Å²) < 4.78 is 17.5. The largest absolute Gasteiger partial charge is 0.381 e. The zero-order valence-corrected chi connectivity index (χ0v) is 13.9. The SMILES string of the molecule is CCCNC(COCCC)C1CCOC2(CCOCC2)C1. The number of nitrogens with one attached hydrogen (secondary N) is 1. The van der Waals surface area contributed by atoms with Crippen molar-refractivity contribution in [1.29, 1.82) is 0 Å². The highest BCUT2D eigenvalue weighted by atomic mass is 16.5. The summed E-state index contributed by atoms with van der Waals surface area (Å²) in [7, 11) is 0. The second-order valence-electron chi connectivity index (χ2n) is 6.53. The Hall–Kier alpha value is -0.160. The van der Waals surface area contributed by atoms with Gasteiger partial charge < -0.3 is 19.5 Å². The van der Waals surface area contributed by atoms with Crippen LogP contribution in [0.3, 0.4) is 0 Å². The average Bonchev–Trinajstić information content (AvgIpc) is 2.51. The van der Waals surface area contributed by atoms with E-state index in [-0.39, 0.29) is 5.60 Å². The predicted octanol–water partition coefficient (Wildman–Crippen LogP) is 2.76. The van der Waals surface area contributed by atoms with Gasteiger partial charge in [0.1, 0.15) is 0 Å². The highest BCUT2D eigenvalue weighted by Crippen LogP contribution is 2.38. The lowest BCUT2D eigenvalue weighted by Crippen LogP contribution is -2.50. The van der Waals surface area contributed by atoms with Crippen molar-refractivity contribution in [3.8, 4) is 0 Å². The number of rotatable bonds is 8. The molecule has 0 aliphatic carbocycles. The minimum atomic E-state index is 0.0814. The van der Waals surface area contributed by atoms with Crippen molar-refractivity contribution in [3.05, 3.63) is 0 Å². The van der Waals surface area contributed by atoms with Crippen molar-refractivity contribution < 1.29 is 14.2 Å². The second-order valence-corrected chi connectivity index (χ2v) is 6.53. The zero-order valence-electron chi connectivity index (χ0n) is 13.9. The molecule has 2 fully saturated rings. The first-order valence-corrected chi connectivity index (χ1v) is 8.82. The van der Waals surface area contributed by atoms with E-state index in [0.29, 0.717) is 12.0 Å². The van der Waals surface area contributed by atoms with Crippen LogP contribution in [0.4, 0.5) is 0 Å². The molecule has 21 heavy (non-hydrogen) atoms. The molecule has 2 heterocycles. The topological polar surface area (TPSA) is 39.7 Å². The molecule has 4 heteroatoms. The van der Waals surface area contributed by atoms with E-state index in [4.69, 9.17) is 14.2 Å². The minimum Gasteiger partial charge on any atom is -0.381 e. The Labute approximate surface area is 129 Å². The van der Waals surface area contributed by atoms with Crippen LogP contribution >= 0.6 is 0 Å². The van der Waals surface area contributed by atoms with Crippen LogP contribution in [0.1, 0.15) is 52.4 Å². The van der Waals surface area contributed by atoms with Crippen molar-refractivity contribution in [3.63, 3.8) is 0 Å². The highest BCUT2D eigenvalue weighted by Gasteiger charge is 2.41. The van der Waals surface area contributed by atoms with Gasteiger partial charge in [-0.1, -0.05) is 13.8 Å². The summed E-state index contributed by atoms with van der Waals surface area (Å²) in [5, 5.41) is 3.71. The van der Waals surface area contributed by atoms with E-state index < -0.39 is 0 Å². The lowest BCUT2D eigenvalue weighted by atomic mass is 9.78. The van der Waals surface area contributed by atoms with Gasteiger partial charge in [-0.3, -0.25) is 0 Å². The van der Waals surface area contributed by atoms with Crippen LogP contribution in [0.15, 0.2) is 0 Å². The summed E-state index contributed by atoms with van der Waals surface area (Å²) in [6, 6.07) is 0.472. The number of hydrogen-bond donors (Lipinski definition) is 1. The first-order valence-electron chi connectivity index (χ1n) is 8.82. The van der Waals surface area contributed by atoms with Crippen molar-refractivity contribution >= 4 is 0 Å². The van der Waals surface area contributed by atoms with Gasteiger partial charge in [-0.15, -0.1) is 0 Å². The summed E-state index contributed by atoms with van der Waals surface area (Å²) in [6.45, 7) is 9.77. The maximum atomic E-state index is 6.17. The molecule has 2 rings (SSSR count). The second kappa shape index (κ2) is 9.09. The third kappa shape index (κ3) is 5.20. The molecule has 2 atom stereocenters. The minimum absolute atomic E-state index is 0.0814. The average molecular weight is 299 g/mol. The molecule has 0 aromatic rings. The van der Waals surface area contributed by atoms with Gasteiger partial charge in [-0.05, 0) is 51.0 Å². The van der Waals surface area contributed by atoms with Gasteiger partial charge in [0.25, 0.3) is 0 Å². The molecule has 0 radical (unpaired) electrons. The summed E-state index contributed by atoms with van der Waals surface area (Å²) in [4.78, 5) is 0. The molecule has 4 nitrogen and oxygen atoms in total. The Morgan fingerprint density at radius 1 is 1.19 bits per heavy atom. The van der Waals surface area contributed by atoms with Crippen LogP contribution in [0.5, 0.6) is 0 Å². The molecule has 0 bridgehead atoms. The molecule has 0 saturated carbocycles. The molecule has 1 N–H and O–H groups in total. The highest BCUT2D eigenvalue weighted by molar-refractivity contribution is 4.92. The van der Waals surface area contributed by atoms with Gasteiger partial charge in [0.05, 0.1) is 12.2 Å². The first-order chi connectivity index (χ1) is 10.3. The van der Waals surface area contributed by atoms with Crippen molar-refractivity contribution in [2.24, 2.45) is 5.92 Å². The van der Waals surface area contributed by atoms with Crippen molar-refractivity contribution in [1.82, 2.24) is 5.32 Å². The first kappa shape index (κ1) is 17.2. The molecule has 2 unspecified atom stereocenters. The molecular weight excluding hydrogens is 266 g/mol. The molecule has 0 amide bonds. The summed E-state index contributed by atoms with van der Waals surface area (Å²) in [5.74, 6) is 0.667. The summed E-state index contributed by atoms with van der Waals surface area (Å²) in [6.07, 6.45) is 6.69. The van der Waals surface area contributed by atoms with Gasteiger partial charge in [0.2, 0.25) is 0 Å². The fourth-order valence-corrected chi connectivity index (χ4v) is 3.55. The summed E-state index contributed by atoms with van der Waals surface area (Å²) >= 11 is 0. The maximum absolute atomic E-state index is 6.17. The third-order valence-corrected chi connectivity index (χ3v) is 4.81. The fourth-order valence-electron chi connectivity index (χ4n) is 3.55. The monoisotopic (exact) mass is 299 g/mol. The van der Waals surface area contributed by atoms with E-state index >= 15 is 0 Å². The van der Waals surface area contributed by atoms with Crippen LogP contribution in [0.2, 0.25) is 0 Å². The Bertz CT molecular complexity index is 274. The van der Waals surface area contributed by atoms with Crippen LogP contribution < -0.4 is 5.32 Å².